The van der Waals surface area contributed by atoms with E-state index in [4.69, 9.17) is 24.4 Å². The van der Waals surface area contributed by atoms with E-state index in [1.165, 1.54) is 12.8 Å². The number of rotatable bonds is 4. The number of nitrogens with zero attached hydrogens (tertiary/aromatic N) is 5. The Morgan fingerprint density at radius 2 is 1.87 bits per heavy atom. The van der Waals surface area contributed by atoms with E-state index in [1.54, 1.807) is 0 Å². The molecule has 8 rings (SSSR count). The fraction of sp³-hybridized carbons (Fsp3) is 0.433. The zero-order valence-electron chi connectivity index (χ0n) is 21.8. The highest BCUT2D eigenvalue weighted by Crippen LogP contribution is 2.43. The number of hydrogen-bond acceptors (Lipinski definition) is 8. The van der Waals surface area contributed by atoms with E-state index >= 15 is 4.39 Å². The molecule has 0 unspecified atom stereocenters. The molecular formula is C30H31FN6O2. The van der Waals surface area contributed by atoms with Crippen LogP contribution in [0.5, 0.6) is 11.9 Å². The van der Waals surface area contributed by atoms with Gasteiger partial charge in [-0.15, -0.1) is 0 Å². The minimum absolute atomic E-state index is 0.0448. The van der Waals surface area contributed by atoms with Gasteiger partial charge in [-0.2, -0.15) is 9.97 Å². The number of anilines is 1. The summed E-state index contributed by atoms with van der Waals surface area (Å²) in [6, 6.07) is 14.1. The number of benzene rings is 2. The van der Waals surface area contributed by atoms with Crippen molar-refractivity contribution in [3.05, 3.63) is 48.3 Å². The third-order valence-corrected chi connectivity index (χ3v) is 9.07. The second kappa shape index (κ2) is 8.99. The van der Waals surface area contributed by atoms with Gasteiger partial charge in [0.15, 0.2) is 5.82 Å². The Bertz CT molecular complexity index is 1580. The Morgan fingerprint density at radius 3 is 2.77 bits per heavy atom. The number of halogens is 1. The molecule has 1 atom stereocenters. The van der Waals surface area contributed by atoms with Crippen molar-refractivity contribution in [2.75, 3.05) is 50.8 Å². The van der Waals surface area contributed by atoms with Crippen molar-refractivity contribution in [2.45, 2.75) is 37.3 Å². The maximum atomic E-state index is 16.6. The lowest BCUT2D eigenvalue weighted by Crippen LogP contribution is -2.53. The minimum atomic E-state index is -0.475. The molecule has 200 valence electrons. The maximum Gasteiger partial charge on any atom is 0.319 e. The van der Waals surface area contributed by atoms with E-state index in [0.717, 1.165) is 56.3 Å². The highest BCUT2D eigenvalue weighted by molar-refractivity contribution is 6.01. The number of piperazine rings is 1. The summed E-state index contributed by atoms with van der Waals surface area (Å²) in [5.41, 5.74) is 1.20. The van der Waals surface area contributed by atoms with Crippen molar-refractivity contribution in [1.29, 1.82) is 0 Å². The van der Waals surface area contributed by atoms with Crippen molar-refractivity contribution in [3.8, 4) is 23.1 Å². The van der Waals surface area contributed by atoms with E-state index in [1.807, 2.05) is 42.5 Å². The molecule has 0 saturated carbocycles. The molecule has 2 aromatic heterocycles. The molecule has 9 heteroatoms. The quantitative estimate of drug-likeness (QED) is 0.425. The summed E-state index contributed by atoms with van der Waals surface area (Å²) >= 11 is 0. The first-order valence-corrected chi connectivity index (χ1v) is 14.1. The summed E-state index contributed by atoms with van der Waals surface area (Å²) in [6.45, 7) is 5.50. The highest BCUT2D eigenvalue weighted by Gasteiger charge is 2.45. The Morgan fingerprint density at radius 1 is 1.03 bits per heavy atom. The van der Waals surface area contributed by atoms with Gasteiger partial charge in [0.25, 0.3) is 0 Å². The maximum absolute atomic E-state index is 16.6. The molecule has 0 amide bonds. The van der Waals surface area contributed by atoms with Crippen LogP contribution >= 0.6 is 0 Å². The third kappa shape index (κ3) is 3.67. The predicted octanol–water partition coefficient (Wildman–Crippen LogP) is 4.16. The molecular weight excluding hydrogens is 495 g/mol. The SMILES string of the molecule is Fc1c(-c2cccc3ccccc23)nc2c3c(nc(OCC45CCCN4CCC5)nc13)N1CCNC[C@H]1CO2. The van der Waals surface area contributed by atoms with Crippen LogP contribution in [-0.2, 0) is 0 Å². The molecule has 39 heavy (non-hydrogen) atoms. The van der Waals surface area contributed by atoms with Gasteiger partial charge in [-0.25, -0.2) is 9.37 Å². The fourth-order valence-corrected chi connectivity index (χ4v) is 7.11. The van der Waals surface area contributed by atoms with Gasteiger partial charge in [0.2, 0.25) is 5.88 Å². The molecule has 2 aromatic carbocycles. The van der Waals surface area contributed by atoms with Crippen LogP contribution < -0.4 is 19.7 Å². The molecule has 0 bridgehead atoms. The lowest BCUT2D eigenvalue weighted by molar-refractivity contribution is 0.108. The summed E-state index contributed by atoms with van der Waals surface area (Å²) in [7, 11) is 0. The standard InChI is InChI=1S/C30H31FN6O2/c31-24-25(22-9-3-7-19-6-1-2-8-21(19)22)33-28-23-26(24)34-29(39-18-30-10-4-13-36(30)14-5-11-30)35-27(23)37-15-12-32-16-20(37)17-38-28/h1-3,6-9,20,32H,4-5,10-18H2/t20-/m0/s1. The topological polar surface area (TPSA) is 75.6 Å². The van der Waals surface area contributed by atoms with Gasteiger partial charge in [0, 0.05) is 25.2 Å². The Labute approximate surface area is 226 Å². The summed E-state index contributed by atoms with van der Waals surface area (Å²) in [6.07, 6.45) is 4.61. The number of hydrogen-bond donors (Lipinski definition) is 1. The molecule has 1 N–H and O–H groups in total. The van der Waals surface area contributed by atoms with Crippen molar-refractivity contribution < 1.29 is 13.9 Å². The first-order chi connectivity index (χ1) is 19.2. The molecule has 0 spiro atoms. The second-order valence-corrected chi connectivity index (χ2v) is 11.2. The van der Waals surface area contributed by atoms with Gasteiger partial charge < -0.3 is 19.7 Å². The number of aromatic nitrogens is 3. The summed E-state index contributed by atoms with van der Waals surface area (Å²) in [5, 5.41) is 5.92. The Balaban J connectivity index is 1.30. The largest absolute Gasteiger partial charge is 0.475 e. The fourth-order valence-electron chi connectivity index (χ4n) is 7.11. The van der Waals surface area contributed by atoms with Crippen LogP contribution in [0.3, 0.4) is 0 Å². The molecule has 4 aromatic rings. The predicted molar refractivity (Wildman–Crippen MR) is 148 cm³/mol. The van der Waals surface area contributed by atoms with Crippen molar-refractivity contribution >= 4 is 27.5 Å². The van der Waals surface area contributed by atoms with Gasteiger partial charge in [-0.1, -0.05) is 42.5 Å². The Hall–Kier alpha value is -3.56. The normalized spacial score (nSPS) is 22.0. The minimum Gasteiger partial charge on any atom is -0.475 e. The monoisotopic (exact) mass is 526 g/mol. The van der Waals surface area contributed by atoms with Crippen molar-refractivity contribution in [3.63, 3.8) is 0 Å². The molecule has 8 nitrogen and oxygen atoms in total. The van der Waals surface area contributed by atoms with E-state index in [0.29, 0.717) is 35.9 Å². The van der Waals surface area contributed by atoms with E-state index in [2.05, 4.69) is 15.1 Å². The van der Waals surface area contributed by atoms with Crippen LogP contribution in [0.25, 0.3) is 32.9 Å². The lowest BCUT2D eigenvalue weighted by Gasteiger charge is -2.35. The van der Waals surface area contributed by atoms with E-state index in [9.17, 15) is 0 Å². The van der Waals surface area contributed by atoms with Crippen molar-refractivity contribution in [2.24, 2.45) is 0 Å². The summed E-state index contributed by atoms with van der Waals surface area (Å²) in [5.74, 6) is 0.552. The molecule has 6 heterocycles. The van der Waals surface area contributed by atoms with Crippen LogP contribution in [0.2, 0.25) is 0 Å². The van der Waals surface area contributed by atoms with Gasteiger partial charge in [-0.05, 0) is 49.5 Å². The third-order valence-electron chi connectivity index (χ3n) is 9.07. The highest BCUT2D eigenvalue weighted by atomic mass is 19.1. The molecule has 0 radical (unpaired) electrons. The molecule has 3 fully saturated rings. The zero-order chi connectivity index (χ0) is 26.0. The average molecular weight is 527 g/mol. The first kappa shape index (κ1) is 23.3. The average Bonchev–Trinajstić information content (AvgIpc) is 3.52. The van der Waals surface area contributed by atoms with Crippen LogP contribution in [0.15, 0.2) is 42.5 Å². The molecule has 4 aliphatic rings. The molecule has 4 aliphatic heterocycles. The van der Waals surface area contributed by atoms with Crippen LogP contribution in [0.1, 0.15) is 25.7 Å². The second-order valence-electron chi connectivity index (χ2n) is 11.2. The number of pyridine rings is 1. The van der Waals surface area contributed by atoms with E-state index in [-0.39, 0.29) is 28.8 Å². The van der Waals surface area contributed by atoms with Gasteiger partial charge in [0.1, 0.15) is 35.6 Å². The molecule has 3 saturated heterocycles. The smallest absolute Gasteiger partial charge is 0.319 e. The van der Waals surface area contributed by atoms with Crippen LogP contribution in [0.4, 0.5) is 10.2 Å². The summed E-state index contributed by atoms with van der Waals surface area (Å²) < 4.78 is 29.2. The number of nitrogens with one attached hydrogen (secondary N) is 1. The molecule has 0 aliphatic carbocycles. The number of ether oxygens (including phenoxy) is 2. The Kier molecular flexibility index (Phi) is 5.38. The van der Waals surface area contributed by atoms with Crippen molar-refractivity contribution in [1.82, 2.24) is 25.2 Å². The van der Waals surface area contributed by atoms with Gasteiger partial charge in [-0.3, -0.25) is 4.90 Å². The summed E-state index contributed by atoms with van der Waals surface area (Å²) in [4.78, 5) is 19.1. The van der Waals surface area contributed by atoms with Gasteiger partial charge >= 0.3 is 6.01 Å². The lowest BCUT2D eigenvalue weighted by atomic mass is 9.95. The van der Waals surface area contributed by atoms with Gasteiger partial charge in [0.05, 0.1) is 11.6 Å². The first-order valence-electron chi connectivity index (χ1n) is 14.1. The zero-order valence-corrected chi connectivity index (χ0v) is 21.8. The number of fused-ring (bicyclic) bond motifs is 4. The van der Waals surface area contributed by atoms with E-state index < -0.39 is 5.82 Å². The van der Waals surface area contributed by atoms with Crippen LogP contribution in [0, 0.1) is 5.82 Å². The van der Waals surface area contributed by atoms with Crippen LogP contribution in [-0.4, -0.2) is 77.4 Å².